The van der Waals surface area contributed by atoms with Crippen molar-refractivity contribution in [3.8, 4) is 0 Å². The molecule has 0 unspecified atom stereocenters. The minimum Gasteiger partial charge on any atom is -0.366 e. The van der Waals surface area contributed by atoms with E-state index in [1.54, 1.807) is 0 Å². The third-order valence-electron chi connectivity index (χ3n) is 2.73. The van der Waals surface area contributed by atoms with E-state index in [0.29, 0.717) is 0 Å². The van der Waals surface area contributed by atoms with Crippen molar-refractivity contribution < 1.29 is 31.9 Å². The molecule has 13 heteroatoms. The van der Waals surface area contributed by atoms with Gasteiger partial charge in [-0.3, -0.25) is 23.5 Å². The normalized spacial score (nSPS) is 9.50. The molecule has 0 aliphatic carbocycles. The van der Waals surface area contributed by atoms with Gasteiger partial charge in [0.15, 0.2) is 0 Å². The molecule has 0 rings (SSSR count). The van der Waals surface area contributed by atoms with Crippen molar-refractivity contribution in [3.05, 3.63) is 38.0 Å². The predicted molar refractivity (Wildman–Crippen MR) is 126 cm³/mol. The Balaban J connectivity index is -0.000000175. The largest absolute Gasteiger partial charge is 0.394 e. The molecule has 6 N–H and O–H groups in total. The third kappa shape index (κ3) is 63.1. The van der Waals surface area contributed by atoms with Gasteiger partial charge in [0.2, 0.25) is 17.7 Å². The number of hydrogen-bond donors (Lipinski definition) is 5. The third-order valence-corrected chi connectivity index (χ3v) is 2.73. The molecule has 0 saturated carbocycles. The number of rotatable bonds is 11. The number of nitrogens with zero attached hydrogens (tertiary/aromatic N) is 2. The fourth-order valence-electron chi connectivity index (χ4n) is 1.36. The quantitative estimate of drug-likeness (QED) is 0.147. The Labute approximate surface area is 191 Å². The van der Waals surface area contributed by atoms with Crippen molar-refractivity contribution in [1.82, 2.24) is 20.4 Å². The van der Waals surface area contributed by atoms with E-state index < -0.39 is 16.3 Å². The zero-order valence-corrected chi connectivity index (χ0v) is 20.2. The smallest absolute Gasteiger partial charge is 0.366 e. The molecule has 0 aliphatic heterocycles. The lowest BCUT2D eigenvalue weighted by Crippen LogP contribution is -2.25. The number of primary amides is 1. The maximum atomic E-state index is 10.6. The molecule has 0 bridgehead atoms. The van der Waals surface area contributed by atoms with Gasteiger partial charge in [-0.1, -0.05) is 19.7 Å². The summed E-state index contributed by atoms with van der Waals surface area (Å²) in [5.41, 5.74) is 4.53. The molecule has 0 fully saturated rings. The maximum Gasteiger partial charge on any atom is 0.394 e. The first-order valence-electron chi connectivity index (χ1n) is 9.32. The van der Waals surface area contributed by atoms with Crippen LogP contribution in [0.2, 0.25) is 0 Å². The van der Waals surface area contributed by atoms with Crippen LogP contribution in [-0.4, -0.2) is 99.4 Å². The monoisotopic (exact) mass is 481 g/mol. The van der Waals surface area contributed by atoms with Crippen LogP contribution in [0.5, 0.6) is 0 Å². The SMILES string of the molecule is C=CC(=O)NCCCN(C)C.C=CC(=O)NCCCN(C)C.C=CC(N)=O.O=S(=O)(O)O. The molecule has 0 heterocycles. The molecular formula is C19H39N5O7S. The fraction of sp³-hybridized carbons (Fsp3) is 0.526. The van der Waals surface area contributed by atoms with Gasteiger partial charge in [-0.2, -0.15) is 8.42 Å². The highest BCUT2D eigenvalue weighted by atomic mass is 32.3. The van der Waals surface area contributed by atoms with Gasteiger partial charge in [-0.25, -0.2) is 0 Å². The van der Waals surface area contributed by atoms with Gasteiger partial charge in [0, 0.05) is 13.1 Å². The van der Waals surface area contributed by atoms with Gasteiger partial charge in [0.1, 0.15) is 0 Å². The lowest BCUT2D eigenvalue weighted by molar-refractivity contribution is -0.117. The second-order valence-corrected chi connectivity index (χ2v) is 7.25. The number of carbonyl (C=O) groups is 3. The van der Waals surface area contributed by atoms with Gasteiger partial charge in [0.25, 0.3) is 0 Å². The molecule has 3 amide bonds. The summed E-state index contributed by atoms with van der Waals surface area (Å²) in [6, 6.07) is 0. The number of amides is 3. The summed E-state index contributed by atoms with van der Waals surface area (Å²) in [5.74, 6) is -0.669. The molecule has 188 valence electrons. The number of nitrogens with one attached hydrogen (secondary N) is 2. The van der Waals surface area contributed by atoms with Gasteiger partial charge < -0.3 is 26.2 Å². The van der Waals surface area contributed by atoms with E-state index in [-0.39, 0.29) is 11.8 Å². The van der Waals surface area contributed by atoms with Crippen LogP contribution in [0.4, 0.5) is 0 Å². The molecule has 32 heavy (non-hydrogen) atoms. The van der Waals surface area contributed by atoms with Crippen LogP contribution in [0.1, 0.15) is 12.8 Å². The first kappa shape index (κ1) is 36.8. The number of nitrogens with two attached hydrogens (primary N) is 1. The summed E-state index contributed by atoms with van der Waals surface area (Å²) in [6.07, 6.45) is 5.59. The fourth-order valence-corrected chi connectivity index (χ4v) is 1.36. The van der Waals surface area contributed by atoms with Crippen molar-refractivity contribution in [3.63, 3.8) is 0 Å². The van der Waals surface area contributed by atoms with E-state index in [9.17, 15) is 14.4 Å². The number of carbonyl (C=O) groups excluding carboxylic acids is 3. The van der Waals surface area contributed by atoms with Crippen molar-refractivity contribution in [2.75, 3.05) is 54.4 Å². The molecule has 0 aliphatic rings. The summed E-state index contributed by atoms with van der Waals surface area (Å²) in [5, 5.41) is 5.41. The maximum absolute atomic E-state index is 10.6. The van der Waals surface area contributed by atoms with Crippen molar-refractivity contribution >= 4 is 28.1 Å². The van der Waals surface area contributed by atoms with Gasteiger partial charge in [-0.05, 0) is 72.3 Å². The predicted octanol–water partition coefficient (Wildman–Crippen LogP) is -0.514. The lowest BCUT2D eigenvalue weighted by atomic mass is 10.4. The summed E-state index contributed by atoms with van der Waals surface area (Å²) >= 11 is 0. The van der Waals surface area contributed by atoms with E-state index in [2.05, 4.69) is 45.9 Å². The molecule has 12 nitrogen and oxygen atoms in total. The van der Waals surface area contributed by atoms with Crippen LogP contribution in [0.3, 0.4) is 0 Å². The average Bonchev–Trinajstić information content (AvgIpc) is 2.67. The van der Waals surface area contributed by atoms with E-state index in [1.165, 1.54) is 12.2 Å². The highest BCUT2D eigenvalue weighted by Crippen LogP contribution is 1.81. The summed E-state index contributed by atoms with van der Waals surface area (Å²) in [6.45, 7) is 13.2. The number of hydrogen-bond acceptors (Lipinski definition) is 7. The summed E-state index contributed by atoms with van der Waals surface area (Å²) in [4.78, 5) is 34.9. The Kier molecular flexibility index (Phi) is 28.4. The van der Waals surface area contributed by atoms with Crippen LogP contribution in [0.15, 0.2) is 38.0 Å². The molecule has 0 spiro atoms. The molecule has 0 aromatic heterocycles. The summed E-state index contributed by atoms with van der Waals surface area (Å²) < 4.78 is 31.6. The Bertz CT molecular complexity index is 610. The second kappa shape index (κ2) is 24.7. The van der Waals surface area contributed by atoms with E-state index >= 15 is 0 Å². The molecule has 0 aromatic carbocycles. The highest BCUT2D eigenvalue weighted by Gasteiger charge is 1.94. The van der Waals surface area contributed by atoms with Crippen molar-refractivity contribution in [2.45, 2.75) is 12.8 Å². The highest BCUT2D eigenvalue weighted by molar-refractivity contribution is 7.79. The zero-order valence-electron chi connectivity index (χ0n) is 19.4. The van der Waals surface area contributed by atoms with Crippen LogP contribution >= 0.6 is 0 Å². The summed E-state index contributed by atoms with van der Waals surface area (Å²) in [7, 11) is 3.37. The first-order valence-corrected chi connectivity index (χ1v) is 10.7. The Morgan fingerprint density at radius 1 is 0.812 bits per heavy atom. The molecule has 0 atom stereocenters. The lowest BCUT2D eigenvalue weighted by Gasteiger charge is -2.08. The van der Waals surface area contributed by atoms with Crippen LogP contribution < -0.4 is 16.4 Å². The minimum absolute atomic E-state index is 0.0937. The van der Waals surface area contributed by atoms with Crippen molar-refractivity contribution in [2.24, 2.45) is 5.73 Å². The Morgan fingerprint density at radius 2 is 1.06 bits per heavy atom. The van der Waals surface area contributed by atoms with E-state index in [4.69, 9.17) is 17.5 Å². The Morgan fingerprint density at radius 3 is 1.22 bits per heavy atom. The Hall–Kier alpha value is -2.58. The van der Waals surface area contributed by atoms with Gasteiger partial charge in [-0.15, -0.1) is 0 Å². The van der Waals surface area contributed by atoms with Gasteiger partial charge >= 0.3 is 10.4 Å². The molecular weight excluding hydrogens is 442 g/mol. The van der Waals surface area contributed by atoms with Crippen LogP contribution in [0, 0.1) is 0 Å². The zero-order chi connectivity index (χ0) is 26.2. The molecule has 0 saturated heterocycles. The average molecular weight is 482 g/mol. The minimum atomic E-state index is -4.67. The van der Waals surface area contributed by atoms with E-state index in [0.717, 1.165) is 45.1 Å². The standard InChI is InChI=1S/2C8H16N2O.C3H5NO.H2O4S/c2*1-4-8(11)9-6-5-7-10(2)3;1-2-3(4)5;1-5(2,3)4/h2*4H,1,5-7H2,2-3H3,(H,9,11);2H,1H2,(H2,4,5);(H2,1,2,3,4). The van der Waals surface area contributed by atoms with E-state index in [1.807, 2.05) is 28.2 Å². The van der Waals surface area contributed by atoms with Crippen LogP contribution in [-0.2, 0) is 24.8 Å². The first-order chi connectivity index (χ1) is 14.6. The van der Waals surface area contributed by atoms with Crippen LogP contribution in [0.25, 0.3) is 0 Å². The topological polar surface area (TPSA) is 182 Å². The van der Waals surface area contributed by atoms with Crippen molar-refractivity contribution in [1.29, 1.82) is 0 Å². The van der Waals surface area contributed by atoms with Gasteiger partial charge in [0.05, 0.1) is 0 Å². The molecule has 0 aromatic rings. The second-order valence-electron chi connectivity index (χ2n) is 6.36. The molecule has 0 radical (unpaired) electrons.